The molecule has 2 unspecified atom stereocenters. The molecule has 0 bridgehead atoms. The van der Waals surface area contributed by atoms with E-state index in [4.69, 9.17) is 4.52 Å². The molecule has 2 atom stereocenters. The van der Waals surface area contributed by atoms with Crippen molar-refractivity contribution in [1.29, 1.82) is 0 Å². The van der Waals surface area contributed by atoms with Crippen molar-refractivity contribution in [2.75, 3.05) is 0 Å². The minimum Gasteiger partial charge on any atom is -0.386 e. The van der Waals surface area contributed by atoms with Gasteiger partial charge in [0.25, 0.3) is 0 Å². The fraction of sp³-hybridized carbons (Fsp3) is 0.500. The Morgan fingerprint density at radius 3 is 2.77 bits per heavy atom. The number of carbonyl (C=O) groups excluding carboxylic acids is 1. The number of rotatable bonds is 1. The molecule has 4 nitrogen and oxygen atoms in total. The van der Waals surface area contributed by atoms with Crippen molar-refractivity contribution in [2.45, 2.75) is 25.9 Å². The van der Waals surface area contributed by atoms with Crippen LogP contribution in [0.4, 0.5) is 0 Å². The molecule has 1 heterocycles. The van der Waals surface area contributed by atoms with Crippen LogP contribution in [0.2, 0.25) is 0 Å². The molecule has 2 aliphatic rings. The van der Waals surface area contributed by atoms with Gasteiger partial charge in [0.05, 0.1) is 5.82 Å². The summed E-state index contributed by atoms with van der Waals surface area (Å²) in [6.45, 7) is 1.51. The smallest absolute Gasteiger partial charge is 0.386 e. The predicted octanol–water partition coefficient (Wildman–Crippen LogP) is 1.97. The summed E-state index contributed by atoms with van der Waals surface area (Å²) in [5, 5.41) is 0. The van der Waals surface area contributed by atoms with Crippen molar-refractivity contribution >= 4 is 13.6 Å². The summed E-state index contributed by atoms with van der Waals surface area (Å²) in [6, 6.07) is 0. The average molecular weight is 200 g/mol. The lowest BCUT2D eigenvalue weighted by atomic mass is 10.4. The maximum atomic E-state index is 11.6. The molecule has 0 aromatic rings. The third-order valence-electron chi connectivity index (χ3n) is 1.78. The summed E-state index contributed by atoms with van der Waals surface area (Å²) in [5.41, 5.74) is 3.90. The van der Waals surface area contributed by atoms with E-state index in [1.54, 1.807) is 0 Å². The molecule has 13 heavy (non-hydrogen) atoms. The standard InChI is InChI=1S/C8H9O4P/c1-6-8(9)12-13(10,11-6)5-4-7-2-3-7/h5-6H,2-3H2,1H3. The first-order valence-electron chi connectivity index (χ1n) is 4.06. The molecule has 2 rings (SSSR count). The zero-order chi connectivity index (χ0) is 9.47. The van der Waals surface area contributed by atoms with Crippen LogP contribution in [-0.4, -0.2) is 12.1 Å². The normalized spacial score (nSPS) is 36.8. The van der Waals surface area contributed by atoms with Crippen molar-refractivity contribution in [1.82, 2.24) is 0 Å². The molecule has 1 saturated heterocycles. The minimum atomic E-state index is -3.30. The van der Waals surface area contributed by atoms with Gasteiger partial charge in [0.1, 0.15) is 0 Å². The lowest BCUT2D eigenvalue weighted by Gasteiger charge is -1.99. The number of hydrogen-bond acceptors (Lipinski definition) is 4. The summed E-state index contributed by atoms with van der Waals surface area (Å²) >= 11 is 0. The molecule has 0 amide bonds. The van der Waals surface area contributed by atoms with Crippen molar-refractivity contribution in [3.8, 4) is 0 Å². The quantitative estimate of drug-likeness (QED) is 0.479. The number of allylic oxidation sites excluding steroid dienone is 1. The van der Waals surface area contributed by atoms with Crippen molar-refractivity contribution in [3.63, 3.8) is 0 Å². The molecule has 1 aliphatic carbocycles. The predicted molar refractivity (Wildman–Crippen MR) is 45.1 cm³/mol. The van der Waals surface area contributed by atoms with Gasteiger partial charge in [-0.15, -0.1) is 5.73 Å². The Morgan fingerprint density at radius 2 is 2.31 bits per heavy atom. The largest absolute Gasteiger partial charge is 0.414 e. The van der Waals surface area contributed by atoms with E-state index in [2.05, 4.69) is 10.3 Å². The van der Waals surface area contributed by atoms with Crippen LogP contribution in [0.5, 0.6) is 0 Å². The van der Waals surface area contributed by atoms with Gasteiger partial charge in [0, 0.05) is 0 Å². The summed E-state index contributed by atoms with van der Waals surface area (Å²) < 4.78 is 21.1. The van der Waals surface area contributed by atoms with Crippen LogP contribution in [0.1, 0.15) is 19.8 Å². The Kier molecular flexibility index (Phi) is 1.92. The second-order valence-electron chi connectivity index (χ2n) is 3.07. The lowest BCUT2D eigenvalue weighted by Crippen LogP contribution is -2.09. The maximum Gasteiger partial charge on any atom is 0.414 e. The molecule has 0 aromatic carbocycles. The van der Waals surface area contributed by atoms with E-state index in [9.17, 15) is 9.36 Å². The zero-order valence-corrected chi connectivity index (χ0v) is 8.04. The van der Waals surface area contributed by atoms with Gasteiger partial charge >= 0.3 is 13.6 Å². The highest BCUT2D eigenvalue weighted by atomic mass is 31.2. The van der Waals surface area contributed by atoms with Crippen LogP contribution in [-0.2, 0) is 18.4 Å². The average Bonchev–Trinajstić information content (AvgIpc) is 2.79. The minimum absolute atomic E-state index is 0.567. The monoisotopic (exact) mass is 200 g/mol. The first-order valence-corrected chi connectivity index (χ1v) is 5.67. The van der Waals surface area contributed by atoms with E-state index < -0.39 is 19.7 Å². The molecule has 1 aliphatic heterocycles. The Bertz CT molecular complexity index is 358. The van der Waals surface area contributed by atoms with E-state index in [-0.39, 0.29) is 0 Å². The molecular weight excluding hydrogens is 191 g/mol. The van der Waals surface area contributed by atoms with Crippen LogP contribution in [0.25, 0.3) is 0 Å². The molecule has 70 valence electrons. The highest BCUT2D eigenvalue weighted by Crippen LogP contribution is 2.55. The van der Waals surface area contributed by atoms with Gasteiger partial charge in [-0.2, -0.15) is 0 Å². The van der Waals surface area contributed by atoms with Gasteiger partial charge < -0.3 is 4.52 Å². The van der Waals surface area contributed by atoms with Crippen molar-refractivity contribution in [3.05, 3.63) is 17.1 Å². The molecule has 0 N–H and O–H groups in total. The second-order valence-corrected chi connectivity index (χ2v) is 4.81. The summed E-state index contributed by atoms with van der Waals surface area (Å²) in [6.07, 6.45) is 1.24. The van der Waals surface area contributed by atoms with Crippen LogP contribution in [0, 0.1) is 0 Å². The Hall–Kier alpha value is -0.820. The Balaban J connectivity index is 2.19. The van der Waals surface area contributed by atoms with Crippen LogP contribution < -0.4 is 0 Å². The van der Waals surface area contributed by atoms with Gasteiger partial charge in [-0.05, 0) is 25.3 Å². The summed E-state index contributed by atoms with van der Waals surface area (Å²) in [4.78, 5) is 10.9. The highest BCUT2D eigenvalue weighted by Gasteiger charge is 2.40. The second kappa shape index (κ2) is 2.85. The molecule has 0 radical (unpaired) electrons. The fourth-order valence-corrected chi connectivity index (χ4v) is 2.34. The van der Waals surface area contributed by atoms with Gasteiger partial charge in [-0.3, -0.25) is 4.52 Å². The Morgan fingerprint density at radius 1 is 1.62 bits per heavy atom. The van der Waals surface area contributed by atoms with E-state index in [1.807, 2.05) is 0 Å². The van der Waals surface area contributed by atoms with Gasteiger partial charge in [-0.25, -0.2) is 9.36 Å². The van der Waals surface area contributed by atoms with Gasteiger partial charge in [0.15, 0.2) is 6.10 Å². The van der Waals surface area contributed by atoms with E-state index in [1.165, 1.54) is 12.7 Å². The van der Waals surface area contributed by atoms with Crippen LogP contribution >= 0.6 is 7.60 Å². The number of carbonyl (C=O) groups is 1. The molecule has 2 fully saturated rings. The molecule has 0 aromatic heterocycles. The SMILES string of the molecule is CC1OP(=O)(C=C=C2CC2)OC1=O. The molecule has 1 saturated carbocycles. The van der Waals surface area contributed by atoms with Gasteiger partial charge in [0.2, 0.25) is 0 Å². The lowest BCUT2D eigenvalue weighted by molar-refractivity contribution is -0.135. The zero-order valence-electron chi connectivity index (χ0n) is 7.15. The maximum absolute atomic E-state index is 11.6. The highest BCUT2D eigenvalue weighted by molar-refractivity contribution is 7.58. The first kappa shape index (κ1) is 8.76. The van der Waals surface area contributed by atoms with E-state index in [0.717, 1.165) is 18.4 Å². The summed E-state index contributed by atoms with van der Waals surface area (Å²) in [5.74, 6) is 0.679. The summed E-state index contributed by atoms with van der Waals surface area (Å²) in [7, 11) is -3.30. The fourth-order valence-electron chi connectivity index (χ4n) is 0.919. The number of hydrogen-bond donors (Lipinski definition) is 0. The van der Waals surface area contributed by atoms with Crippen LogP contribution in [0.3, 0.4) is 0 Å². The van der Waals surface area contributed by atoms with Crippen molar-refractivity contribution in [2.24, 2.45) is 0 Å². The molecular formula is C8H9O4P. The van der Waals surface area contributed by atoms with Crippen LogP contribution in [0.15, 0.2) is 17.1 Å². The molecule has 5 heteroatoms. The van der Waals surface area contributed by atoms with E-state index >= 15 is 0 Å². The van der Waals surface area contributed by atoms with Crippen molar-refractivity contribution < 1.29 is 18.4 Å². The molecule has 0 spiro atoms. The topological polar surface area (TPSA) is 52.6 Å². The third kappa shape index (κ3) is 1.92. The first-order chi connectivity index (χ1) is 6.09. The Labute approximate surface area is 75.8 Å². The third-order valence-corrected chi connectivity index (χ3v) is 3.27. The van der Waals surface area contributed by atoms with Gasteiger partial charge in [-0.1, -0.05) is 0 Å². The van der Waals surface area contributed by atoms with E-state index in [0.29, 0.717) is 0 Å².